The van der Waals surface area contributed by atoms with E-state index in [0.717, 1.165) is 38.8 Å². The van der Waals surface area contributed by atoms with Gasteiger partial charge in [-0.1, -0.05) is 13.3 Å². The number of unbranched alkanes of at least 4 members (excludes halogenated alkanes) is 2. The van der Waals surface area contributed by atoms with Crippen LogP contribution in [0.5, 0.6) is 0 Å². The summed E-state index contributed by atoms with van der Waals surface area (Å²) in [5.74, 6) is 0.259. The Labute approximate surface area is 81.3 Å². The Morgan fingerprint density at radius 3 is 2.54 bits per heavy atom. The van der Waals surface area contributed by atoms with Crippen LogP contribution in [-0.4, -0.2) is 30.9 Å². The first-order valence-corrected chi connectivity index (χ1v) is 5.16. The lowest BCUT2D eigenvalue weighted by Crippen LogP contribution is -2.27. The van der Waals surface area contributed by atoms with E-state index in [1.165, 1.54) is 0 Å². The number of nitrogens with zero attached hydrogens (tertiary/aromatic N) is 1. The van der Waals surface area contributed by atoms with Crippen molar-refractivity contribution in [3.8, 4) is 0 Å². The standard InChI is InChI=1S/C10H22N2O/c1-3-7-10(13)12(2)9-6-4-5-8-11/h3-9,11H2,1-2H3. The minimum atomic E-state index is 0.259. The van der Waals surface area contributed by atoms with Crippen LogP contribution in [0.1, 0.15) is 39.0 Å². The van der Waals surface area contributed by atoms with Gasteiger partial charge < -0.3 is 10.6 Å². The van der Waals surface area contributed by atoms with Crippen molar-refractivity contribution in [2.75, 3.05) is 20.1 Å². The second-order valence-electron chi connectivity index (χ2n) is 3.41. The molecule has 2 N–H and O–H groups in total. The van der Waals surface area contributed by atoms with E-state index in [1.807, 2.05) is 18.9 Å². The molecule has 78 valence electrons. The number of hydrogen-bond acceptors (Lipinski definition) is 2. The van der Waals surface area contributed by atoms with E-state index in [1.54, 1.807) is 0 Å². The van der Waals surface area contributed by atoms with Gasteiger partial charge in [-0.25, -0.2) is 0 Å². The number of carbonyl (C=O) groups excluding carboxylic acids is 1. The van der Waals surface area contributed by atoms with Gasteiger partial charge in [-0.15, -0.1) is 0 Å². The lowest BCUT2D eigenvalue weighted by Gasteiger charge is -2.16. The van der Waals surface area contributed by atoms with Gasteiger partial charge in [-0.3, -0.25) is 4.79 Å². The molecule has 0 rings (SSSR count). The van der Waals surface area contributed by atoms with Gasteiger partial charge in [0.25, 0.3) is 0 Å². The fraction of sp³-hybridized carbons (Fsp3) is 0.900. The number of hydrogen-bond donors (Lipinski definition) is 1. The van der Waals surface area contributed by atoms with Crippen molar-refractivity contribution in [2.45, 2.75) is 39.0 Å². The highest BCUT2D eigenvalue weighted by Gasteiger charge is 2.05. The van der Waals surface area contributed by atoms with Gasteiger partial charge >= 0.3 is 0 Å². The molecule has 3 heteroatoms. The summed E-state index contributed by atoms with van der Waals surface area (Å²) >= 11 is 0. The van der Waals surface area contributed by atoms with E-state index < -0.39 is 0 Å². The van der Waals surface area contributed by atoms with Crippen LogP contribution in [0.15, 0.2) is 0 Å². The number of amides is 1. The van der Waals surface area contributed by atoms with E-state index in [9.17, 15) is 4.79 Å². The molecule has 0 aromatic heterocycles. The number of carbonyl (C=O) groups is 1. The molecular weight excluding hydrogens is 164 g/mol. The fourth-order valence-corrected chi connectivity index (χ4v) is 1.20. The fourth-order valence-electron chi connectivity index (χ4n) is 1.20. The van der Waals surface area contributed by atoms with E-state index in [0.29, 0.717) is 6.42 Å². The molecule has 0 saturated heterocycles. The third kappa shape index (κ3) is 6.58. The third-order valence-electron chi connectivity index (χ3n) is 2.09. The molecule has 0 fully saturated rings. The van der Waals surface area contributed by atoms with Crippen LogP contribution >= 0.6 is 0 Å². The maximum absolute atomic E-state index is 11.3. The molecule has 1 amide bonds. The second kappa shape index (κ2) is 8.05. The molecule has 0 radical (unpaired) electrons. The second-order valence-corrected chi connectivity index (χ2v) is 3.41. The van der Waals surface area contributed by atoms with Crippen molar-refractivity contribution in [2.24, 2.45) is 5.73 Å². The van der Waals surface area contributed by atoms with E-state index in [4.69, 9.17) is 5.73 Å². The first kappa shape index (κ1) is 12.4. The zero-order valence-corrected chi connectivity index (χ0v) is 8.88. The molecule has 0 atom stereocenters. The zero-order valence-electron chi connectivity index (χ0n) is 8.88. The molecule has 0 aliphatic carbocycles. The number of nitrogens with two attached hydrogens (primary N) is 1. The van der Waals surface area contributed by atoms with Crippen LogP contribution in [0.2, 0.25) is 0 Å². The predicted octanol–water partition coefficient (Wildman–Crippen LogP) is 1.37. The molecule has 0 aliphatic heterocycles. The van der Waals surface area contributed by atoms with E-state index >= 15 is 0 Å². The summed E-state index contributed by atoms with van der Waals surface area (Å²) in [6.45, 7) is 3.66. The van der Waals surface area contributed by atoms with Crippen molar-refractivity contribution in [3.63, 3.8) is 0 Å². The van der Waals surface area contributed by atoms with E-state index in [-0.39, 0.29) is 5.91 Å². The third-order valence-corrected chi connectivity index (χ3v) is 2.09. The Balaban J connectivity index is 3.38. The Hall–Kier alpha value is -0.570. The van der Waals surface area contributed by atoms with Crippen molar-refractivity contribution < 1.29 is 4.79 Å². The quantitative estimate of drug-likeness (QED) is 0.610. The maximum Gasteiger partial charge on any atom is 0.222 e. The Morgan fingerprint density at radius 2 is 2.00 bits per heavy atom. The van der Waals surface area contributed by atoms with Gasteiger partial charge in [0.2, 0.25) is 5.91 Å². The topological polar surface area (TPSA) is 46.3 Å². The molecule has 0 unspecified atom stereocenters. The average molecular weight is 186 g/mol. The smallest absolute Gasteiger partial charge is 0.222 e. The Kier molecular flexibility index (Phi) is 7.69. The first-order chi connectivity index (χ1) is 6.22. The van der Waals surface area contributed by atoms with Gasteiger partial charge in [0.1, 0.15) is 0 Å². The molecule has 0 heterocycles. The van der Waals surface area contributed by atoms with E-state index in [2.05, 4.69) is 0 Å². The Morgan fingerprint density at radius 1 is 1.31 bits per heavy atom. The van der Waals surface area contributed by atoms with Crippen molar-refractivity contribution in [1.82, 2.24) is 4.90 Å². The van der Waals surface area contributed by atoms with Crippen LogP contribution in [0.3, 0.4) is 0 Å². The van der Waals surface area contributed by atoms with Crippen LogP contribution in [0.25, 0.3) is 0 Å². The van der Waals surface area contributed by atoms with Gasteiger partial charge in [0.05, 0.1) is 0 Å². The highest BCUT2D eigenvalue weighted by Crippen LogP contribution is 1.99. The van der Waals surface area contributed by atoms with Crippen molar-refractivity contribution >= 4 is 5.91 Å². The molecule has 0 bridgehead atoms. The average Bonchev–Trinajstić information content (AvgIpc) is 2.12. The summed E-state index contributed by atoms with van der Waals surface area (Å²) < 4.78 is 0. The largest absolute Gasteiger partial charge is 0.346 e. The van der Waals surface area contributed by atoms with Gasteiger partial charge in [0.15, 0.2) is 0 Å². The molecule has 3 nitrogen and oxygen atoms in total. The maximum atomic E-state index is 11.3. The lowest BCUT2D eigenvalue weighted by atomic mass is 10.2. The van der Waals surface area contributed by atoms with Crippen LogP contribution in [-0.2, 0) is 4.79 Å². The summed E-state index contributed by atoms with van der Waals surface area (Å²) in [5.41, 5.74) is 5.37. The summed E-state index contributed by atoms with van der Waals surface area (Å²) in [7, 11) is 1.88. The minimum absolute atomic E-state index is 0.259. The summed E-state index contributed by atoms with van der Waals surface area (Å²) in [6.07, 6.45) is 4.87. The predicted molar refractivity (Wildman–Crippen MR) is 55.5 cm³/mol. The molecule has 0 spiro atoms. The van der Waals surface area contributed by atoms with Crippen LogP contribution < -0.4 is 5.73 Å². The minimum Gasteiger partial charge on any atom is -0.346 e. The van der Waals surface area contributed by atoms with Gasteiger partial charge in [-0.05, 0) is 25.8 Å². The zero-order chi connectivity index (χ0) is 10.1. The highest BCUT2D eigenvalue weighted by atomic mass is 16.2. The summed E-state index contributed by atoms with van der Waals surface area (Å²) in [6, 6.07) is 0. The lowest BCUT2D eigenvalue weighted by molar-refractivity contribution is -0.129. The molecule has 0 aromatic rings. The monoisotopic (exact) mass is 186 g/mol. The molecule has 13 heavy (non-hydrogen) atoms. The normalized spacial score (nSPS) is 10.1. The van der Waals surface area contributed by atoms with Crippen molar-refractivity contribution in [3.05, 3.63) is 0 Å². The summed E-state index contributed by atoms with van der Waals surface area (Å²) in [4.78, 5) is 13.1. The number of rotatable bonds is 7. The van der Waals surface area contributed by atoms with Crippen molar-refractivity contribution in [1.29, 1.82) is 0 Å². The molecule has 0 aromatic carbocycles. The molecule has 0 aliphatic rings. The SMILES string of the molecule is CCCC(=O)N(C)CCCCCN. The molecule has 0 saturated carbocycles. The van der Waals surface area contributed by atoms with Gasteiger partial charge in [0, 0.05) is 20.0 Å². The molecular formula is C10H22N2O. The highest BCUT2D eigenvalue weighted by molar-refractivity contribution is 5.75. The first-order valence-electron chi connectivity index (χ1n) is 5.16. The van der Waals surface area contributed by atoms with Crippen LogP contribution in [0.4, 0.5) is 0 Å². The summed E-state index contributed by atoms with van der Waals surface area (Å²) in [5, 5.41) is 0. The van der Waals surface area contributed by atoms with Gasteiger partial charge in [-0.2, -0.15) is 0 Å². The Bertz CT molecular complexity index is 137. The van der Waals surface area contributed by atoms with Crippen LogP contribution in [0, 0.1) is 0 Å².